The lowest BCUT2D eigenvalue weighted by molar-refractivity contribution is 0.201. The van der Waals surface area contributed by atoms with Gasteiger partial charge in [0.2, 0.25) is 0 Å². The molecule has 0 radical (unpaired) electrons. The van der Waals surface area contributed by atoms with E-state index in [4.69, 9.17) is 4.74 Å². The molecule has 0 aliphatic carbocycles. The lowest BCUT2D eigenvalue weighted by atomic mass is 10.1. The van der Waals surface area contributed by atoms with Crippen molar-refractivity contribution in [2.24, 2.45) is 0 Å². The van der Waals surface area contributed by atoms with Gasteiger partial charge in [0.15, 0.2) is 0 Å². The van der Waals surface area contributed by atoms with Crippen LogP contribution in [0.5, 0.6) is 5.75 Å². The molecule has 18 heavy (non-hydrogen) atoms. The molecule has 0 spiro atoms. The lowest BCUT2D eigenvalue weighted by Crippen LogP contribution is -2.26. The van der Waals surface area contributed by atoms with E-state index in [-0.39, 0.29) is 0 Å². The highest BCUT2D eigenvalue weighted by Crippen LogP contribution is 2.19. The monoisotopic (exact) mass is 250 g/mol. The molecule has 0 saturated carbocycles. The normalized spacial score (nSPS) is 10.2. The third-order valence-corrected chi connectivity index (χ3v) is 2.72. The van der Waals surface area contributed by atoms with E-state index in [9.17, 15) is 4.79 Å². The second-order valence-electron chi connectivity index (χ2n) is 4.11. The fraction of sp³-hybridized carbons (Fsp3) is 0.500. The van der Waals surface area contributed by atoms with Gasteiger partial charge in [-0.25, -0.2) is 4.79 Å². The lowest BCUT2D eigenvalue weighted by Gasteiger charge is -2.16. The maximum absolute atomic E-state index is 11.3. The largest absolute Gasteiger partial charge is 0.412 e. The molecular weight excluding hydrogens is 228 g/mol. The number of nitrogens with one attached hydrogen (secondary N) is 2. The molecule has 0 aliphatic rings. The number of benzene rings is 1. The molecule has 0 fully saturated rings. The van der Waals surface area contributed by atoms with Gasteiger partial charge in [-0.05, 0) is 31.9 Å². The second-order valence-corrected chi connectivity index (χ2v) is 4.11. The first-order chi connectivity index (χ1) is 8.69. The molecule has 4 nitrogen and oxygen atoms in total. The van der Waals surface area contributed by atoms with Gasteiger partial charge in [0.1, 0.15) is 5.75 Å². The average Bonchev–Trinajstić information content (AvgIpc) is 2.36. The maximum atomic E-state index is 11.3. The summed E-state index contributed by atoms with van der Waals surface area (Å²) in [6.07, 6.45) is 1.72. The molecule has 0 aliphatic heterocycles. The summed E-state index contributed by atoms with van der Waals surface area (Å²) in [5, 5.41) is 6.01. The number of ether oxygens (including phenoxy) is 1. The minimum absolute atomic E-state index is 0.419. The minimum Gasteiger partial charge on any atom is -0.410 e. The van der Waals surface area contributed by atoms with Crippen molar-refractivity contribution < 1.29 is 9.53 Å². The molecule has 100 valence electrons. The van der Waals surface area contributed by atoms with Gasteiger partial charge in [0.25, 0.3) is 0 Å². The summed E-state index contributed by atoms with van der Waals surface area (Å²) in [5.74, 6) is 0.553. The topological polar surface area (TPSA) is 50.4 Å². The number of hydrogen-bond donors (Lipinski definition) is 2. The predicted molar refractivity (Wildman–Crippen MR) is 74.1 cm³/mol. The molecule has 0 bridgehead atoms. The predicted octanol–water partition coefficient (Wildman–Crippen LogP) is 3.40. The number of carbonyl (C=O) groups excluding carboxylic acids is 1. The highest BCUT2D eigenvalue weighted by atomic mass is 16.6. The number of rotatable bonds is 6. The van der Waals surface area contributed by atoms with Crippen LogP contribution in [-0.4, -0.2) is 18.7 Å². The molecule has 4 heteroatoms. The Labute approximate surface area is 109 Å². The van der Waals surface area contributed by atoms with Gasteiger partial charge in [-0.2, -0.15) is 0 Å². The first-order valence-corrected chi connectivity index (χ1v) is 6.51. The molecule has 1 aromatic rings. The Morgan fingerprint density at radius 2 is 2.00 bits per heavy atom. The molecule has 1 amide bonds. The summed E-state index contributed by atoms with van der Waals surface area (Å²) >= 11 is 0. The van der Waals surface area contributed by atoms with Crippen molar-refractivity contribution in [3.63, 3.8) is 0 Å². The van der Waals surface area contributed by atoms with Crippen LogP contribution in [0.15, 0.2) is 24.3 Å². The molecule has 0 aromatic heterocycles. The number of hydrogen-bond acceptors (Lipinski definition) is 3. The van der Waals surface area contributed by atoms with Gasteiger partial charge in [0, 0.05) is 24.3 Å². The molecule has 1 rings (SSSR count). The Hall–Kier alpha value is -1.71. The van der Waals surface area contributed by atoms with E-state index >= 15 is 0 Å². The number of anilines is 1. The van der Waals surface area contributed by atoms with Crippen LogP contribution in [0.2, 0.25) is 0 Å². The Bertz CT molecular complexity index is 376. The molecule has 2 N–H and O–H groups in total. The summed E-state index contributed by atoms with van der Waals surface area (Å²) in [5.41, 5.74) is 0.977. The van der Waals surface area contributed by atoms with E-state index in [1.165, 1.54) is 0 Å². The Morgan fingerprint density at radius 1 is 1.28 bits per heavy atom. The summed E-state index contributed by atoms with van der Waals surface area (Å²) in [6.45, 7) is 6.71. The van der Waals surface area contributed by atoms with Crippen molar-refractivity contribution in [3.8, 4) is 5.75 Å². The number of carbonyl (C=O) groups is 1. The van der Waals surface area contributed by atoms with E-state index in [1.807, 2.05) is 25.1 Å². The van der Waals surface area contributed by atoms with Crippen LogP contribution in [-0.2, 0) is 0 Å². The Morgan fingerprint density at radius 3 is 2.61 bits per heavy atom. The van der Waals surface area contributed by atoms with Crippen LogP contribution in [0.25, 0.3) is 0 Å². The minimum atomic E-state index is -0.419. The van der Waals surface area contributed by atoms with Crippen molar-refractivity contribution in [2.45, 2.75) is 39.7 Å². The summed E-state index contributed by atoms with van der Waals surface area (Å²) in [6, 6.07) is 7.91. The fourth-order valence-corrected chi connectivity index (χ4v) is 1.67. The highest BCUT2D eigenvalue weighted by molar-refractivity contribution is 5.70. The van der Waals surface area contributed by atoms with Crippen LogP contribution in [0, 0.1) is 0 Å². The average molecular weight is 250 g/mol. The molecule has 1 aromatic carbocycles. The van der Waals surface area contributed by atoms with Gasteiger partial charge in [-0.1, -0.05) is 19.9 Å². The number of amides is 1. The molecular formula is C14H22N2O2. The van der Waals surface area contributed by atoms with E-state index in [0.29, 0.717) is 18.3 Å². The van der Waals surface area contributed by atoms with Crippen molar-refractivity contribution in [1.82, 2.24) is 5.32 Å². The summed E-state index contributed by atoms with van der Waals surface area (Å²) in [7, 11) is 0. The zero-order chi connectivity index (χ0) is 13.4. The van der Waals surface area contributed by atoms with E-state index in [0.717, 1.165) is 18.5 Å². The smallest absolute Gasteiger partial charge is 0.410 e. The van der Waals surface area contributed by atoms with Crippen LogP contribution in [0.4, 0.5) is 10.5 Å². The molecule has 0 heterocycles. The zero-order valence-electron chi connectivity index (χ0n) is 11.3. The molecule has 0 atom stereocenters. The van der Waals surface area contributed by atoms with Crippen molar-refractivity contribution >= 4 is 11.8 Å². The van der Waals surface area contributed by atoms with E-state index in [1.54, 1.807) is 6.07 Å². The third-order valence-electron chi connectivity index (χ3n) is 2.72. The van der Waals surface area contributed by atoms with Crippen molar-refractivity contribution in [2.75, 3.05) is 11.9 Å². The van der Waals surface area contributed by atoms with Gasteiger partial charge in [-0.15, -0.1) is 0 Å². The van der Waals surface area contributed by atoms with Crippen LogP contribution >= 0.6 is 0 Å². The van der Waals surface area contributed by atoms with E-state index in [2.05, 4.69) is 24.5 Å². The van der Waals surface area contributed by atoms with Crippen LogP contribution < -0.4 is 15.4 Å². The van der Waals surface area contributed by atoms with Crippen LogP contribution in [0.1, 0.15) is 33.6 Å². The summed E-state index contributed by atoms with van der Waals surface area (Å²) < 4.78 is 5.15. The highest BCUT2D eigenvalue weighted by Gasteiger charge is 2.06. The van der Waals surface area contributed by atoms with Gasteiger partial charge in [-0.3, -0.25) is 0 Å². The van der Waals surface area contributed by atoms with Crippen LogP contribution in [0.3, 0.4) is 0 Å². The SMILES string of the molecule is CCNC(=O)Oc1cccc(NC(CC)CC)c1. The second kappa shape index (κ2) is 7.58. The first kappa shape index (κ1) is 14.4. The molecule has 0 saturated heterocycles. The summed E-state index contributed by atoms with van der Waals surface area (Å²) in [4.78, 5) is 11.3. The van der Waals surface area contributed by atoms with Gasteiger partial charge >= 0.3 is 6.09 Å². The van der Waals surface area contributed by atoms with Gasteiger partial charge < -0.3 is 15.4 Å². The van der Waals surface area contributed by atoms with E-state index < -0.39 is 6.09 Å². The van der Waals surface area contributed by atoms with Gasteiger partial charge in [0.05, 0.1) is 0 Å². The fourth-order valence-electron chi connectivity index (χ4n) is 1.67. The third kappa shape index (κ3) is 4.65. The standard InChI is InChI=1S/C14H22N2O2/c1-4-11(5-2)16-12-8-7-9-13(10-12)18-14(17)15-6-3/h7-11,16H,4-6H2,1-3H3,(H,15,17). The zero-order valence-corrected chi connectivity index (χ0v) is 11.3. The Kier molecular flexibility index (Phi) is 6.05. The maximum Gasteiger partial charge on any atom is 0.412 e. The first-order valence-electron chi connectivity index (χ1n) is 6.51. The Balaban J connectivity index is 2.64. The van der Waals surface area contributed by atoms with Crippen molar-refractivity contribution in [3.05, 3.63) is 24.3 Å². The molecule has 0 unspecified atom stereocenters. The van der Waals surface area contributed by atoms with Crippen molar-refractivity contribution in [1.29, 1.82) is 0 Å². The quantitative estimate of drug-likeness (QED) is 0.813.